The Hall–Kier alpha value is -4.54. The molecule has 0 aliphatic carbocycles. The molecule has 0 aliphatic rings. The second kappa shape index (κ2) is 15.4. The summed E-state index contributed by atoms with van der Waals surface area (Å²) in [5.41, 5.74) is 14.5. The van der Waals surface area contributed by atoms with E-state index in [1.54, 1.807) is 0 Å². The van der Waals surface area contributed by atoms with Crippen LogP contribution in [-0.4, -0.2) is 43.3 Å². The van der Waals surface area contributed by atoms with Gasteiger partial charge in [-0.3, -0.25) is 9.59 Å². The van der Waals surface area contributed by atoms with Gasteiger partial charge in [-0.2, -0.15) is 0 Å². The van der Waals surface area contributed by atoms with Crippen LogP contribution in [0.3, 0.4) is 0 Å². The Morgan fingerprint density at radius 2 is 1.04 bits per heavy atom. The lowest BCUT2D eigenvalue weighted by atomic mass is 9.90. The molecule has 6 rings (SSSR count). The molecular weight excluding hydrogens is 673 g/mol. The molecular formula is C41H46N6O2S2. The molecule has 264 valence electrons. The van der Waals surface area contributed by atoms with Gasteiger partial charge in [-0.25, -0.2) is 9.97 Å². The predicted molar refractivity (Wildman–Crippen MR) is 214 cm³/mol. The van der Waals surface area contributed by atoms with E-state index in [2.05, 4.69) is 122 Å². The standard InChI is InChI=1S/C41H46N6O2S2/c1-22(2)30-18-28(15-26(7)38(30)46-36(48)20-50-40-42-32-11-9-24(5)13-34(32)44-40)17-29-16-27(8)39(31(19-29)23(3)4)47-37(49)21-51-41-43-33-12-10-25(6)14-35(33)45-41/h9-16,18-19,22-23H,17,20-21H2,1-8H3,(H,42,44)(H,43,45)(H,46,48)(H,47,49). The summed E-state index contributed by atoms with van der Waals surface area (Å²) in [5, 5.41) is 7.88. The van der Waals surface area contributed by atoms with Crippen LogP contribution < -0.4 is 10.6 Å². The number of anilines is 2. The molecule has 0 aliphatic heterocycles. The van der Waals surface area contributed by atoms with Crippen LogP contribution in [0.4, 0.5) is 11.4 Å². The van der Waals surface area contributed by atoms with Gasteiger partial charge in [-0.05, 0) is 115 Å². The first kappa shape index (κ1) is 36.3. The van der Waals surface area contributed by atoms with Crippen LogP contribution in [-0.2, 0) is 16.0 Å². The third kappa shape index (κ3) is 8.68. The second-order valence-electron chi connectivity index (χ2n) is 14.0. The third-order valence-electron chi connectivity index (χ3n) is 8.94. The molecule has 0 atom stereocenters. The summed E-state index contributed by atoms with van der Waals surface area (Å²) in [6.07, 6.45) is 0.742. The Morgan fingerprint density at radius 3 is 1.43 bits per heavy atom. The van der Waals surface area contributed by atoms with E-state index in [0.29, 0.717) is 0 Å². The fourth-order valence-corrected chi connectivity index (χ4v) is 7.80. The molecule has 10 heteroatoms. The molecule has 0 unspecified atom stereocenters. The van der Waals surface area contributed by atoms with Crippen LogP contribution in [0.25, 0.3) is 22.1 Å². The SMILES string of the molecule is Cc1ccc2nc(SCC(=O)Nc3c(C)cc(Cc4cc(C)c(NC(=O)CSc5nc6ccc(C)cc6[nH]5)c(C(C)C)c4)cc3C(C)C)[nH]c2c1. The van der Waals surface area contributed by atoms with Crippen molar-refractivity contribution in [2.45, 2.75) is 84.0 Å². The summed E-state index contributed by atoms with van der Waals surface area (Å²) in [7, 11) is 0. The number of aryl methyl sites for hydroxylation is 4. The quantitative estimate of drug-likeness (QED) is 0.0937. The Kier molecular flexibility index (Phi) is 10.9. The highest BCUT2D eigenvalue weighted by Crippen LogP contribution is 2.34. The van der Waals surface area contributed by atoms with Gasteiger partial charge in [0.25, 0.3) is 0 Å². The number of nitrogens with one attached hydrogen (secondary N) is 4. The van der Waals surface area contributed by atoms with Crippen molar-refractivity contribution in [1.29, 1.82) is 0 Å². The van der Waals surface area contributed by atoms with Gasteiger partial charge in [0.2, 0.25) is 11.8 Å². The average Bonchev–Trinajstić information content (AvgIpc) is 3.67. The van der Waals surface area contributed by atoms with Crippen LogP contribution in [0.15, 0.2) is 71.0 Å². The lowest BCUT2D eigenvalue weighted by Crippen LogP contribution is -2.17. The predicted octanol–water partition coefficient (Wildman–Crippen LogP) is 9.97. The van der Waals surface area contributed by atoms with Crippen molar-refractivity contribution in [3.05, 3.63) is 105 Å². The van der Waals surface area contributed by atoms with Gasteiger partial charge in [0.15, 0.2) is 10.3 Å². The zero-order chi connectivity index (χ0) is 36.4. The van der Waals surface area contributed by atoms with Crippen molar-refractivity contribution in [2.75, 3.05) is 22.1 Å². The van der Waals surface area contributed by atoms with Gasteiger partial charge in [0, 0.05) is 11.4 Å². The van der Waals surface area contributed by atoms with Crippen LogP contribution in [0.5, 0.6) is 0 Å². The Morgan fingerprint density at radius 1 is 0.627 bits per heavy atom. The summed E-state index contributed by atoms with van der Waals surface area (Å²) in [5.74, 6) is 0.839. The first-order chi connectivity index (χ1) is 24.3. The van der Waals surface area contributed by atoms with Gasteiger partial charge in [0.1, 0.15) is 0 Å². The zero-order valence-electron chi connectivity index (χ0n) is 30.6. The number of hydrogen-bond donors (Lipinski definition) is 4. The maximum Gasteiger partial charge on any atom is 0.234 e. The molecule has 2 amide bonds. The number of benzene rings is 4. The highest BCUT2D eigenvalue weighted by Gasteiger charge is 2.18. The topological polar surface area (TPSA) is 116 Å². The summed E-state index contributed by atoms with van der Waals surface area (Å²) in [6.45, 7) is 16.9. The van der Waals surface area contributed by atoms with Gasteiger partial charge in [-0.1, -0.05) is 87.6 Å². The number of thioether (sulfide) groups is 2. The van der Waals surface area contributed by atoms with E-state index in [-0.39, 0.29) is 35.2 Å². The summed E-state index contributed by atoms with van der Waals surface area (Å²) >= 11 is 2.81. The molecule has 4 N–H and O–H groups in total. The molecule has 2 aromatic heterocycles. The first-order valence-corrected chi connectivity index (χ1v) is 19.3. The molecule has 0 bridgehead atoms. The number of nitrogens with zero attached hydrogens (tertiary/aromatic N) is 2. The van der Waals surface area contributed by atoms with Crippen LogP contribution in [0.1, 0.15) is 84.0 Å². The summed E-state index contributed by atoms with van der Waals surface area (Å²) < 4.78 is 0. The maximum absolute atomic E-state index is 13.2. The number of fused-ring (bicyclic) bond motifs is 2. The lowest BCUT2D eigenvalue weighted by Gasteiger charge is -2.20. The Labute approximate surface area is 308 Å². The summed E-state index contributed by atoms with van der Waals surface area (Å²) in [6, 6.07) is 21.0. The van der Waals surface area contributed by atoms with Gasteiger partial charge < -0.3 is 20.6 Å². The minimum Gasteiger partial charge on any atom is -0.333 e. The zero-order valence-corrected chi connectivity index (χ0v) is 32.2. The van der Waals surface area contributed by atoms with Crippen molar-refractivity contribution in [3.8, 4) is 0 Å². The number of aromatic nitrogens is 4. The van der Waals surface area contributed by atoms with Crippen molar-refractivity contribution in [1.82, 2.24) is 19.9 Å². The van der Waals surface area contributed by atoms with Crippen molar-refractivity contribution in [2.24, 2.45) is 0 Å². The van der Waals surface area contributed by atoms with E-state index in [0.717, 1.165) is 83.6 Å². The number of aromatic amines is 2. The number of H-pyrrole nitrogens is 2. The molecule has 2 heterocycles. The number of rotatable bonds is 12. The first-order valence-electron chi connectivity index (χ1n) is 17.4. The smallest absolute Gasteiger partial charge is 0.234 e. The fraction of sp³-hybridized carbons (Fsp3) is 0.317. The van der Waals surface area contributed by atoms with Crippen LogP contribution in [0, 0.1) is 27.7 Å². The highest BCUT2D eigenvalue weighted by molar-refractivity contribution is 8.00. The summed E-state index contributed by atoms with van der Waals surface area (Å²) in [4.78, 5) is 42.2. The maximum atomic E-state index is 13.2. The molecule has 0 saturated carbocycles. The molecule has 4 aromatic carbocycles. The molecule has 0 spiro atoms. The van der Waals surface area contributed by atoms with E-state index in [1.807, 2.05) is 24.3 Å². The monoisotopic (exact) mass is 718 g/mol. The van der Waals surface area contributed by atoms with Gasteiger partial charge in [0.05, 0.1) is 33.6 Å². The Bertz CT molecular complexity index is 2090. The minimum absolute atomic E-state index is 0.0599. The van der Waals surface area contributed by atoms with E-state index in [1.165, 1.54) is 34.7 Å². The highest BCUT2D eigenvalue weighted by atomic mass is 32.2. The van der Waals surface area contributed by atoms with Crippen molar-refractivity contribution >= 4 is 68.8 Å². The molecule has 0 radical (unpaired) electrons. The number of carbonyl (C=O) groups excluding carboxylic acids is 2. The second-order valence-corrected chi connectivity index (χ2v) is 16.0. The average molecular weight is 719 g/mol. The van der Waals surface area contributed by atoms with Crippen molar-refractivity contribution in [3.63, 3.8) is 0 Å². The van der Waals surface area contributed by atoms with E-state index >= 15 is 0 Å². The van der Waals surface area contributed by atoms with E-state index in [9.17, 15) is 9.59 Å². The number of hydrogen-bond acceptors (Lipinski definition) is 6. The minimum atomic E-state index is -0.0599. The van der Waals surface area contributed by atoms with Crippen LogP contribution >= 0.6 is 23.5 Å². The van der Waals surface area contributed by atoms with Crippen molar-refractivity contribution < 1.29 is 9.59 Å². The van der Waals surface area contributed by atoms with E-state index < -0.39 is 0 Å². The fourth-order valence-electron chi connectivity index (χ4n) is 6.43. The number of amides is 2. The third-order valence-corrected chi connectivity index (χ3v) is 10.7. The van der Waals surface area contributed by atoms with Crippen LogP contribution in [0.2, 0.25) is 0 Å². The molecule has 0 saturated heterocycles. The van der Waals surface area contributed by atoms with E-state index in [4.69, 9.17) is 0 Å². The van der Waals surface area contributed by atoms with Gasteiger partial charge in [-0.15, -0.1) is 0 Å². The molecule has 6 aromatic rings. The lowest BCUT2D eigenvalue weighted by molar-refractivity contribution is -0.114. The van der Waals surface area contributed by atoms with Gasteiger partial charge >= 0.3 is 0 Å². The Balaban J connectivity index is 1.13. The molecule has 51 heavy (non-hydrogen) atoms. The molecule has 0 fully saturated rings. The number of imidazole rings is 2. The number of carbonyl (C=O) groups is 2. The molecule has 8 nitrogen and oxygen atoms in total. The largest absolute Gasteiger partial charge is 0.333 e. The normalized spacial score (nSPS) is 11.6.